The molecule has 0 bridgehead atoms. The van der Waals surface area contributed by atoms with Gasteiger partial charge in [0.05, 0.1) is 6.21 Å². The first-order valence-electron chi connectivity index (χ1n) is 7.10. The van der Waals surface area contributed by atoms with Crippen LogP contribution in [0.5, 0.6) is 0 Å². The first kappa shape index (κ1) is 20.1. The molecule has 0 saturated heterocycles. The fourth-order valence-corrected chi connectivity index (χ4v) is 1.43. The van der Waals surface area contributed by atoms with Crippen molar-refractivity contribution in [2.45, 2.75) is 71.6 Å². The number of nitrogens with one attached hydrogen (secondary N) is 2. The van der Waals surface area contributed by atoms with Crippen LogP contribution in [0.1, 0.15) is 54.4 Å². The fourth-order valence-electron chi connectivity index (χ4n) is 1.43. The van der Waals surface area contributed by atoms with E-state index in [1.165, 1.54) is 0 Å². The van der Waals surface area contributed by atoms with Crippen molar-refractivity contribution in [1.82, 2.24) is 5.32 Å². The topological polar surface area (TPSA) is 106 Å². The van der Waals surface area contributed by atoms with Gasteiger partial charge >= 0.3 is 12.1 Å². The lowest BCUT2D eigenvalue weighted by Crippen LogP contribution is -2.46. The summed E-state index contributed by atoms with van der Waals surface area (Å²) >= 11 is 0. The van der Waals surface area contributed by atoms with Crippen LogP contribution >= 0.6 is 0 Å². The molecule has 0 aliphatic heterocycles. The SMILES string of the molecule is CC(C)(C)OC(=O)N[C@@H](CCC(=O)C=N)C(=O)OC(C)(C)C. The van der Waals surface area contributed by atoms with E-state index in [9.17, 15) is 14.4 Å². The number of alkyl carbamates (subject to hydrolysis) is 1. The Morgan fingerprint density at radius 2 is 1.55 bits per heavy atom. The highest BCUT2D eigenvalue weighted by Gasteiger charge is 2.28. The van der Waals surface area contributed by atoms with Gasteiger partial charge in [-0.1, -0.05) is 0 Å². The molecule has 0 fully saturated rings. The van der Waals surface area contributed by atoms with Crippen molar-refractivity contribution in [3.05, 3.63) is 0 Å². The number of Topliss-reactive ketones (excluding diaryl/α,β-unsaturated/α-hetero) is 1. The molecule has 7 heteroatoms. The van der Waals surface area contributed by atoms with E-state index in [4.69, 9.17) is 14.9 Å². The second kappa shape index (κ2) is 7.91. The summed E-state index contributed by atoms with van der Waals surface area (Å²) in [6.45, 7) is 10.2. The van der Waals surface area contributed by atoms with Crippen molar-refractivity contribution in [2.75, 3.05) is 0 Å². The van der Waals surface area contributed by atoms with Crippen LogP contribution in [0.4, 0.5) is 4.79 Å². The Bertz CT molecular complexity index is 432. The molecule has 0 saturated carbocycles. The molecule has 1 amide bonds. The summed E-state index contributed by atoms with van der Waals surface area (Å²) in [7, 11) is 0. The van der Waals surface area contributed by atoms with Crippen molar-refractivity contribution in [3.63, 3.8) is 0 Å². The molecule has 0 rings (SSSR count). The minimum Gasteiger partial charge on any atom is -0.458 e. The molecule has 0 aromatic rings. The van der Waals surface area contributed by atoms with Crippen molar-refractivity contribution in [3.8, 4) is 0 Å². The second-order valence-electron chi connectivity index (χ2n) is 6.88. The maximum absolute atomic E-state index is 12.1. The molecule has 2 N–H and O–H groups in total. The number of ether oxygens (including phenoxy) is 2. The van der Waals surface area contributed by atoms with Gasteiger partial charge in [-0.05, 0) is 48.0 Å². The van der Waals surface area contributed by atoms with Crippen molar-refractivity contribution >= 4 is 24.1 Å². The van der Waals surface area contributed by atoms with Crippen LogP contribution in [-0.2, 0) is 19.1 Å². The van der Waals surface area contributed by atoms with Gasteiger partial charge in [0.15, 0.2) is 5.78 Å². The lowest BCUT2D eigenvalue weighted by Gasteiger charge is -2.26. The molecule has 1 atom stereocenters. The molecule has 7 nitrogen and oxygen atoms in total. The highest BCUT2D eigenvalue weighted by molar-refractivity contribution is 6.26. The van der Waals surface area contributed by atoms with Gasteiger partial charge in [-0.3, -0.25) is 4.79 Å². The normalized spacial score (nSPS) is 13.0. The summed E-state index contributed by atoms with van der Waals surface area (Å²) in [5.41, 5.74) is -1.41. The van der Waals surface area contributed by atoms with Crippen LogP contribution in [0, 0.1) is 5.41 Å². The Kier molecular flexibility index (Phi) is 7.22. The highest BCUT2D eigenvalue weighted by atomic mass is 16.6. The van der Waals surface area contributed by atoms with Crippen molar-refractivity contribution in [1.29, 1.82) is 5.41 Å². The number of carbonyl (C=O) groups is 3. The van der Waals surface area contributed by atoms with Crippen LogP contribution < -0.4 is 5.32 Å². The van der Waals surface area contributed by atoms with Gasteiger partial charge in [0.2, 0.25) is 0 Å². The number of esters is 1. The molecular weight excluding hydrogens is 288 g/mol. The average Bonchev–Trinajstić information content (AvgIpc) is 2.29. The molecule has 22 heavy (non-hydrogen) atoms. The van der Waals surface area contributed by atoms with Crippen molar-refractivity contribution < 1.29 is 23.9 Å². The third-order valence-corrected chi connectivity index (χ3v) is 2.22. The number of carbonyl (C=O) groups excluding carboxylic acids is 3. The van der Waals surface area contributed by atoms with E-state index in [0.717, 1.165) is 0 Å². The van der Waals surface area contributed by atoms with Gasteiger partial charge in [0.25, 0.3) is 0 Å². The number of rotatable bonds is 6. The quantitative estimate of drug-likeness (QED) is 0.577. The second-order valence-corrected chi connectivity index (χ2v) is 6.88. The van der Waals surface area contributed by atoms with E-state index < -0.39 is 35.1 Å². The van der Waals surface area contributed by atoms with Gasteiger partial charge in [-0.15, -0.1) is 0 Å². The Hall–Kier alpha value is -1.92. The number of amides is 1. The van der Waals surface area contributed by atoms with Gasteiger partial charge in [0.1, 0.15) is 17.2 Å². The maximum atomic E-state index is 12.1. The van der Waals surface area contributed by atoms with Gasteiger partial charge < -0.3 is 20.2 Å². The number of hydrogen-bond acceptors (Lipinski definition) is 6. The van der Waals surface area contributed by atoms with E-state index in [-0.39, 0.29) is 12.8 Å². The fraction of sp³-hybridized carbons (Fsp3) is 0.733. The summed E-state index contributed by atoms with van der Waals surface area (Å²) < 4.78 is 10.3. The predicted octanol–water partition coefficient (Wildman–Crippen LogP) is 2.22. The van der Waals surface area contributed by atoms with Gasteiger partial charge in [-0.25, -0.2) is 9.59 Å². The van der Waals surface area contributed by atoms with Crippen LogP contribution in [0.25, 0.3) is 0 Å². The monoisotopic (exact) mass is 314 g/mol. The van der Waals surface area contributed by atoms with Crippen LogP contribution in [0.15, 0.2) is 0 Å². The molecule has 0 aromatic carbocycles. The molecular formula is C15H26N2O5. The average molecular weight is 314 g/mol. The summed E-state index contributed by atoms with van der Waals surface area (Å²) in [6, 6.07) is -1.00. The van der Waals surface area contributed by atoms with E-state index in [0.29, 0.717) is 6.21 Å². The molecule has 0 aromatic heterocycles. The molecule has 0 spiro atoms. The van der Waals surface area contributed by atoms with E-state index in [1.54, 1.807) is 41.5 Å². The summed E-state index contributed by atoms with van der Waals surface area (Å²) in [4.78, 5) is 35.1. The predicted molar refractivity (Wildman–Crippen MR) is 82.0 cm³/mol. The Morgan fingerprint density at radius 1 is 1.05 bits per heavy atom. The zero-order valence-corrected chi connectivity index (χ0v) is 14.1. The first-order chi connectivity index (χ1) is 9.84. The van der Waals surface area contributed by atoms with Crippen LogP contribution in [0.3, 0.4) is 0 Å². The lowest BCUT2D eigenvalue weighted by atomic mass is 10.1. The zero-order valence-electron chi connectivity index (χ0n) is 14.1. The zero-order chi connectivity index (χ0) is 17.6. The Labute approximate surface area is 131 Å². The van der Waals surface area contributed by atoms with Crippen molar-refractivity contribution in [2.24, 2.45) is 0 Å². The standard InChI is InChI=1S/C15H26N2O5/c1-14(2,3)21-12(19)11(8-7-10(18)9-16)17-13(20)22-15(4,5)6/h9,11,16H,7-8H2,1-6H3,(H,17,20)/t11-/m0/s1. The minimum absolute atomic E-state index is 0.0385. The van der Waals surface area contributed by atoms with Gasteiger partial charge in [-0.2, -0.15) is 0 Å². The number of hydrogen-bond donors (Lipinski definition) is 2. The first-order valence-corrected chi connectivity index (χ1v) is 7.10. The van der Waals surface area contributed by atoms with Gasteiger partial charge in [0, 0.05) is 6.42 Å². The highest BCUT2D eigenvalue weighted by Crippen LogP contribution is 2.12. The Balaban J connectivity index is 4.85. The third kappa shape index (κ3) is 9.90. The molecule has 0 radical (unpaired) electrons. The number of ketones is 1. The maximum Gasteiger partial charge on any atom is 0.408 e. The van der Waals surface area contributed by atoms with E-state index in [2.05, 4.69) is 5.32 Å². The third-order valence-electron chi connectivity index (χ3n) is 2.22. The summed E-state index contributed by atoms with van der Waals surface area (Å²) in [5.74, 6) is -1.07. The molecule has 0 heterocycles. The lowest BCUT2D eigenvalue weighted by molar-refractivity contribution is -0.157. The minimum atomic E-state index is -1.00. The molecule has 0 aliphatic rings. The summed E-state index contributed by atoms with van der Waals surface area (Å²) in [5, 5.41) is 9.27. The van der Waals surface area contributed by atoms with E-state index >= 15 is 0 Å². The van der Waals surface area contributed by atoms with Crippen LogP contribution in [0.2, 0.25) is 0 Å². The van der Waals surface area contributed by atoms with Crippen LogP contribution in [-0.4, -0.2) is 41.3 Å². The Morgan fingerprint density at radius 3 is 1.95 bits per heavy atom. The largest absolute Gasteiger partial charge is 0.458 e. The molecule has 126 valence electrons. The summed E-state index contributed by atoms with van der Waals surface area (Å²) in [6.07, 6.45) is -0.0729. The molecule has 0 unspecified atom stereocenters. The van der Waals surface area contributed by atoms with E-state index in [1.807, 2.05) is 0 Å². The molecule has 0 aliphatic carbocycles. The smallest absolute Gasteiger partial charge is 0.408 e.